The number of para-hydroxylation sites is 4. The Hall–Kier alpha value is -7.88. The minimum Gasteiger partial charge on any atom is -0.310 e. The highest BCUT2D eigenvalue weighted by Crippen LogP contribution is 2.42. The van der Waals surface area contributed by atoms with Crippen LogP contribution in [0.15, 0.2) is 212 Å². The third-order valence-electron chi connectivity index (χ3n) is 12.0. The van der Waals surface area contributed by atoms with E-state index in [1.54, 1.807) is 0 Å². The normalized spacial score (nSPS) is 12.0. The van der Waals surface area contributed by atoms with Gasteiger partial charge >= 0.3 is 0 Å². The summed E-state index contributed by atoms with van der Waals surface area (Å²) in [6.07, 6.45) is 4.55. The number of hydrogen-bond acceptors (Lipinski definition) is 1. The first kappa shape index (κ1) is 33.3. The summed E-state index contributed by atoms with van der Waals surface area (Å²) < 4.78 is 4.79. The molecule has 10 aromatic carbocycles. The van der Waals surface area contributed by atoms with Crippen molar-refractivity contribution < 1.29 is 0 Å². The Bertz CT molecular complexity index is 3480. The highest BCUT2D eigenvalue weighted by Gasteiger charge is 2.19. The van der Waals surface area contributed by atoms with Gasteiger partial charge in [-0.15, -0.1) is 0 Å². The van der Waals surface area contributed by atoms with E-state index in [-0.39, 0.29) is 0 Å². The van der Waals surface area contributed by atoms with Crippen LogP contribution in [-0.4, -0.2) is 9.13 Å². The Balaban J connectivity index is 0.967. The van der Waals surface area contributed by atoms with Crippen molar-refractivity contribution in [3.63, 3.8) is 0 Å². The van der Waals surface area contributed by atoms with Crippen molar-refractivity contribution in [3.05, 3.63) is 223 Å². The quantitative estimate of drug-likeness (QED) is 0.117. The van der Waals surface area contributed by atoms with Crippen LogP contribution in [0.25, 0.3) is 88.7 Å². The fourth-order valence-electron chi connectivity index (χ4n) is 9.46. The molecule has 0 radical (unpaired) electrons. The van der Waals surface area contributed by atoms with Crippen LogP contribution in [0.1, 0.15) is 11.1 Å². The van der Waals surface area contributed by atoms with E-state index in [9.17, 15) is 0 Å². The molecule has 276 valence electrons. The average molecular weight is 752 g/mol. The summed E-state index contributed by atoms with van der Waals surface area (Å²) in [4.78, 5) is 2.38. The fraction of sp³-hybridized carbons (Fsp3) is 0. The van der Waals surface area contributed by atoms with Crippen LogP contribution in [0, 0.1) is 0 Å². The molecule has 12 aromatic rings. The second-order valence-corrected chi connectivity index (χ2v) is 15.4. The van der Waals surface area contributed by atoms with E-state index < -0.39 is 0 Å². The van der Waals surface area contributed by atoms with Gasteiger partial charge in [0, 0.05) is 49.7 Å². The van der Waals surface area contributed by atoms with Crippen molar-refractivity contribution in [2.45, 2.75) is 0 Å². The van der Waals surface area contributed by atoms with E-state index in [2.05, 4.69) is 239 Å². The number of nitrogens with zero attached hydrogens (tertiary/aromatic N) is 3. The first-order valence-corrected chi connectivity index (χ1v) is 20.3. The van der Waals surface area contributed by atoms with Crippen molar-refractivity contribution in [3.8, 4) is 11.4 Å². The molecule has 0 unspecified atom stereocenters. The second-order valence-electron chi connectivity index (χ2n) is 15.4. The number of fused-ring (bicyclic) bond motifs is 4. The minimum absolute atomic E-state index is 1.10. The van der Waals surface area contributed by atoms with E-state index in [1.165, 1.54) is 82.0 Å². The van der Waals surface area contributed by atoms with Gasteiger partial charge in [-0.25, -0.2) is 0 Å². The van der Waals surface area contributed by atoms with Crippen LogP contribution >= 0.6 is 0 Å². The molecule has 2 aromatic heterocycles. The third kappa shape index (κ3) is 5.29. The lowest BCUT2D eigenvalue weighted by atomic mass is 9.98. The molecule has 12 rings (SSSR count). The van der Waals surface area contributed by atoms with E-state index in [4.69, 9.17) is 0 Å². The van der Waals surface area contributed by atoms with Crippen molar-refractivity contribution in [1.82, 2.24) is 9.13 Å². The van der Waals surface area contributed by atoms with Crippen molar-refractivity contribution in [1.29, 1.82) is 0 Å². The standard InChI is InChI=1S/C56H37N3/c1-3-15-42(16-4-1)57(44-31-33-45(34-32-44)58-50-23-11-9-21-48(50)49-22-10-12-24-51(49)58)52-35-30-39(46-19-7-8-20-47(46)52)27-26-38-36-41-29-28-40-14-13-25-53-55(40)56(41)54(37-38)59(53)43-17-5-2-6-18-43/h1-37H/b27-26+. The van der Waals surface area contributed by atoms with Gasteiger partial charge in [-0.1, -0.05) is 140 Å². The molecule has 3 heteroatoms. The molecule has 0 bridgehead atoms. The van der Waals surface area contributed by atoms with Crippen LogP contribution in [-0.2, 0) is 0 Å². The Morgan fingerprint density at radius 1 is 0.339 bits per heavy atom. The summed E-state index contributed by atoms with van der Waals surface area (Å²) >= 11 is 0. The Morgan fingerprint density at radius 2 is 0.898 bits per heavy atom. The largest absolute Gasteiger partial charge is 0.310 e. The summed E-state index contributed by atoms with van der Waals surface area (Å²) in [7, 11) is 0. The molecule has 0 aliphatic heterocycles. The lowest BCUT2D eigenvalue weighted by molar-refractivity contribution is 1.17. The van der Waals surface area contributed by atoms with Gasteiger partial charge in [-0.2, -0.15) is 0 Å². The predicted molar refractivity (Wildman–Crippen MR) is 251 cm³/mol. The molecule has 0 N–H and O–H groups in total. The average Bonchev–Trinajstić information content (AvgIpc) is 3.82. The molecule has 0 aliphatic carbocycles. The van der Waals surface area contributed by atoms with Crippen LogP contribution < -0.4 is 4.90 Å². The first-order chi connectivity index (χ1) is 29.3. The number of aromatic nitrogens is 2. The molecule has 0 aliphatic rings. The number of hydrogen-bond donors (Lipinski definition) is 0. The third-order valence-corrected chi connectivity index (χ3v) is 12.0. The lowest BCUT2D eigenvalue weighted by Crippen LogP contribution is -2.10. The monoisotopic (exact) mass is 751 g/mol. The number of benzene rings is 10. The zero-order valence-corrected chi connectivity index (χ0v) is 32.2. The molecule has 0 spiro atoms. The zero-order valence-electron chi connectivity index (χ0n) is 32.2. The Morgan fingerprint density at radius 3 is 1.64 bits per heavy atom. The molecular weight excluding hydrogens is 715 g/mol. The molecular formula is C56H37N3. The zero-order chi connectivity index (χ0) is 38.9. The van der Waals surface area contributed by atoms with Gasteiger partial charge in [0.25, 0.3) is 0 Å². The summed E-state index contributed by atoms with van der Waals surface area (Å²) in [5.74, 6) is 0. The summed E-state index contributed by atoms with van der Waals surface area (Å²) in [6, 6.07) is 77.0. The molecule has 3 nitrogen and oxygen atoms in total. The Labute approximate surface area is 341 Å². The van der Waals surface area contributed by atoms with E-state index in [0.29, 0.717) is 0 Å². The van der Waals surface area contributed by atoms with Gasteiger partial charge in [0.05, 0.1) is 27.8 Å². The first-order valence-electron chi connectivity index (χ1n) is 20.3. The van der Waals surface area contributed by atoms with Crippen molar-refractivity contribution in [2.24, 2.45) is 0 Å². The van der Waals surface area contributed by atoms with Gasteiger partial charge in [0.1, 0.15) is 0 Å². The lowest BCUT2D eigenvalue weighted by Gasteiger charge is -2.27. The number of anilines is 3. The van der Waals surface area contributed by atoms with Gasteiger partial charge in [0.15, 0.2) is 0 Å². The summed E-state index contributed by atoms with van der Waals surface area (Å²) in [5, 5.41) is 10.1. The van der Waals surface area contributed by atoms with Crippen LogP contribution in [0.4, 0.5) is 17.1 Å². The maximum atomic E-state index is 2.42. The van der Waals surface area contributed by atoms with E-state index in [0.717, 1.165) is 22.7 Å². The maximum Gasteiger partial charge on any atom is 0.0553 e. The van der Waals surface area contributed by atoms with Crippen LogP contribution in [0.2, 0.25) is 0 Å². The minimum atomic E-state index is 1.10. The van der Waals surface area contributed by atoms with Crippen molar-refractivity contribution >= 4 is 94.4 Å². The van der Waals surface area contributed by atoms with E-state index in [1.807, 2.05) is 0 Å². The molecule has 0 atom stereocenters. The maximum absolute atomic E-state index is 2.42. The molecule has 2 heterocycles. The highest BCUT2D eigenvalue weighted by molar-refractivity contribution is 6.24. The summed E-state index contributed by atoms with van der Waals surface area (Å²) in [5.41, 5.74) is 12.9. The Kier molecular flexibility index (Phi) is 7.54. The van der Waals surface area contributed by atoms with Gasteiger partial charge in [-0.3, -0.25) is 0 Å². The van der Waals surface area contributed by atoms with Crippen molar-refractivity contribution in [2.75, 3.05) is 4.90 Å². The molecule has 0 saturated carbocycles. The smallest absolute Gasteiger partial charge is 0.0553 e. The van der Waals surface area contributed by atoms with Gasteiger partial charge in [-0.05, 0) is 112 Å². The predicted octanol–water partition coefficient (Wildman–Crippen LogP) is 15.3. The van der Waals surface area contributed by atoms with Crippen LogP contribution in [0.3, 0.4) is 0 Å². The fourth-order valence-corrected chi connectivity index (χ4v) is 9.46. The van der Waals surface area contributed by atoms with Gasteiger partial charge in [0.2, 0.25) is 0 Å². The summed E-state index contributed by atoms with van der Waals surface area (Å²) in [6.45, 7) is 0. The van der Waals surface area contributed by atoms with E-state index >= 15 is 0 Å². The molecule has 0 saturated heterocycles. The second kappa shape index (κ2) is 13.4. The molecule has 0 amide bonds. The van der Waals surface area contributed by atoms with Gasteiger partial charge < -0.3 is 14.0 Å². The van der Waals surface area contributed by atoms with Crippen LogP contribution in [0.5, 0.6) is 0 Å². The SMILES string of the molecule is C(=C\c1ccc(N(c2ccccc2)c2ccc(-n3c4ccccc4c4ccccc43)cc2)c2ccccc12)/c1cc2ccc3cccc4c3c2c(c1)n4-c1ccccc1. The molecule has 59 heavy (non-hydrogen) atoms. The molecule has 0 fully saturated rings. The topological polar surface area (TPSA) is 13.1 Å². The highest BCUT2D eigenvalue weighted by atomic mass is 15.1. The number of rotatable bonds is 7.